The topological polar surface area (TPSA) is 30.2 Å². The average molecular weight is 110 g/mol. The van der Waals surface area contributed by atoms with Crippen molar-refractivity contribution in [2.24, 2.45) is 0 Å². The molecule has 1 rings (SSSR count). The van der Waals surface area contributed by atoms with Gasteiger partial charge in [-0.3, -0.25) is 0 Å². The summed E-state index contributed by atoms with van der Waals surface area (Å²) < 4.78 is 4.71. The molecule has 1 heterocycles. The molecule has 0 saturated heterocycles. The molecule has 0 fully saturated rings. The molecule has 0 aromatic carbocycles. The van der Waals surface area contributed by atoms with Crippen LogP contribution in [0.3, 0.4) is 0 Å². The second kappa shape index (κ2) is 2.31. The summed E-state index contributed by atoms with van der Waals surface area (Å²) in [6, 6.07) is 1.77. The lowest BCUT2D eigenvalue weighted by Crippen LogP contribution is -1.78. The van der Waals surface area contributed by atoms with Crippen LogP contribution in [0.5, 0.6) is 0 Å². The van der Waals surface area contributed by atoms with Crippen molar-refractivity contribution in [2.75, 3.05) is 0 Å². The van der Waals surface area contributed by atoms with Crippen molar-refractivity contribution in [1.82, 2.24) is 0 Å². The first-order valence-corrected chi connectivity index (χ1v) is 2.38. The van der Waals surface area contributed by atoms with Gasteiger partial charge in [-0.1, -0.05) is 0 Å². The molecule has 0 atom stereocenters. The summed E-state index contributed by atoms with van der Waals surface area (Å²) in [5.41, 5.74) is 0.931. The van der Waals surface area contributed by atoms with Gasteiger partial charge in [-0.2, -0.15) is 0 Å². The zero-order valence-corrected chi connectivity index (χ0v) is 4.33. The molecule has 0 radical (unpaired) electrons. The zero-order chi connectivity index (χ0) is 5.82. The summed E-state index contributed by atoms with van der Waals surface area (Å²) in [5.74, 6) is 0. The lowest BCUT2D eigenvalue weighted by atomic mass is 10.3. The van der Waals surface area contributed by atoms with Gasteiger partial charge >= 0.3 is 0 Å². The first-order valence-electron chi connectivity index (χ1n) is 2.38. The molecule has 0 amide bonds. The lowest BCUT2D eigenvalue weighted by Gasteiger charge is -1.76. The Bertz CT molecular complexity index is 153. The maximum atomic E-state index is 9.83. The van der Waals surface area contributed by atoms with Crippen LogP contribution in [0.2, 0.25) is 0 Å². The summed E-state index contributed by atoms with van der Waals surface area (Å²) >= 11 is 0. The largest absolute Gasteiger partial charge is 0.472 e. The van der Waals surface area contributed by atoms with Crippen LogP contribution in [-0.4, -0.2) is 6.29 Å². The maximum absolute atomic E-state index is 9.83. The maximum Gasteiger partial charge on any atom is 0.124 e. The summed E-state index contributed by atoms with van der Waals surface area (Å²) in [7, 11) is 0. The highest BCUT2D eigenvalue weighted by molar-refractivity contribution is 5.54. The molecular formula is C6H6O2. The van der Waals surface area contributed by atoms with E-state index < -0.39 is 0 Å². The van der Waals surface area contributed by atoms with Crippen molar-refractivity contribution < 1.29 is 9.21 Å². The van der Waals surface area contributed by atoms with Crippen LogP contribution in [0, 0.1) is 0 Å². The Morgan fingerprint density at radius 2 is 2.62 bits per heavy atom. The quantitative estimate of drug-likeness (QED) is 0.532. The van der Waals surface area contributed by atoms with E-state index in [1.54, 1.807) is 18.6 Å². The molecule has 0 aliphatic carbocycles. The highest BCUT2D eigenvalue weighted by atomic mass is 16.3. The molecule has 8 heavy (non-hydrogen) atoms. The summed E-state index contributed by atoms with van der Waals surface area (Å²) in [6.07, 6.45) is 4.43. The van der Waals surface area contributed by atoms with Gasteiger partial charge in [0.15, 0.2) is 0 Å². The second-order valence-corrected chi connectivity index (χ2v) is 1.50. The molecule has 0 N–H and O–H groups in total. The molecule has 1 aromatic rings. The van der Waals surface area contributed by atoms with E-state index in [2.05, 4.69) is 0 Å². The first-order chi connectivity index (χ1) is 3.93. The van der Waals surface area contributed by atoms with Gasteiger partial charge in [0.2, 0.25) is 0 Å². The predicted molar refractivity (Wildman–Crippen MR) is 28.5 cm³/mol. The van der Waals surface area contributed by atoms with E-state index in [0.717, 1.165) is 11.8 Å². The number of carbonyl (C=O) groups is 1. The number of furan rings is 1. The van der Waals surface area contributed by atoms with E-state index in [1.807, 2.05) is 0 Å². The Morgan fingerprint density at radius 1 is 1.75 bits per heavy atom. The Balaban J connectivity index is 2.62. The SMILES string of the molecule is O=CCc1ccoc1. The number of carbonyl (C=O) groups excluding carboxylic acids is 1. The van der Waals surface area contributed by atoms with Gasteiger partial charge in [0, 0.05) is 6.42 Å². The highest BCUT2D eigenvalue weighted by Gasteiger charge is 1.88. The molecule has 0 aliphatic rings. The van der Waals surface area contributed by atoms with Gasteiger partial charge < -0.3 is 9.21 Å². The Morgan fingerprint density at radius 3 is 3.12 bits per heavy atom. The van der Waals surface area contributed by atoms with Gasteiger partial charge in [0.05, 0.1) is 12.5 Å². The Hall–Kier alpha value is -1.05. The fraction of sp³-hybridized carbons (Fsp3) is 0.167. The van der Waals surface area contributed by atoms with Crippen molar-refractivity contribution in [2.45, 2.75) is 6.42 Å². The zero-order valence-electron chi connectivity index (χ0n) is 4.33. The van der Waals surface area contributed by atoms with Crippen molar-refractivity contribution in [3.05, 3.63) is 24.2 Å². The molecule has 0 unspecified atom stereocenters. The fourth-order valence-electron chi connectivity index (χ4n) is 0.505. The van der Waals surface area contributed by atoms with Gasteiger partial charge in [-0.05, 0) is 11.6 Å². The third-order valence-corrected chi connectivity index (χ3v) is 0.899. The van der Waals surface area contributed by atoms with Crippen LogP contribution in [0.1, 0.15) is 5.56 Å². The van der Waals surface area contributed by atoms with Crippen molar-refractivity contribution in [3.63, 3.8) is 0 Å². The molecule has 2 heteroatoms. The van der Waals surface area contributed by atoms with Gasteiger partial charge in [0.1, 0.15) is 6.29 Å². The van der Waals surface area contributed by atoms with E-state index >= 15 is 0 Å². The Kier molecular flexibility index (Phi) is 1.47. The first kappa shape index (κ1) is 5.09. The van der Waals surface area contributed by atoms with E-state index in [9.17, 15) is 4.79 Å². The number of aldehydes is 1. The standard InChI is InChI=1S/C6H6O2/c7-3-1-6-2-4-8-5-6/h2-5H,1H2. The Labute approximate surface area is 47.1 Å². The number of hydrogen-bond donors (Lipinski definition) is 0. The summed E-state index contributed by atoms with van der Waals surface area (Å²) in [5, 5.41) is 0. The van der Waals surface area contributed by atoms with Crippen molar-refractivity contribution >= 4 is 6.29 Å². The van der Waals surface area contributed by atoms with Gasteiger partial charge in [-0.15, -0.1) is 0 Å². The van der Waals surface area contributed by atoms with Gasteiger partial charge in [0.25, 0.3) is 0 Å². The van der Waals surface area contributed by atoms with Crippen molar-refractivity contribution in [3.8, 4) is 0 Å². The molecule has 0 spiro atoms. The van der Waals surface area contributed by atoms with Crippen LogP contribution in [-0.2, 0) is 11.2 Å². The smallest absolute Gasteiger partial charge is 0.124 e. The van der Waals surface area contributed by atoms with Gasteiger partial charge in [-0.25, -0.2) is 0 Å². The molecule has 1 aromatic heterocycles. The van der Waals surface area contributed by atoms with Crippen molar-refractivity contribution in [1.29, 1.82) is 0 Å². The number of rotatable bonds is 2. The fourth-order valence-corrected chi connectivity index (χ4v) is 0.505. The molecule has 0 aliphatic heterocycles. The third kappa shape index (κ3) is 0.964. The second-order valence-electron chi connectivity index (χ2n) is 1.50. The van der Waals surface area contributed by atoms with E-state index in [0.29, 0.717) is 6.42 Å². The van der Waals surface area contributed by atoms with E-state index in [-0.39, 0.29) is 0 Å². The van der Waals surface area contributed by atoms with Crippen LogP contribution >= 0.6 is 0 Å². The molecular weight excluding hydrogens is 104 g/mol. The van der Waals surface area contributed by atoms with Crippen LogP contribution in [0.15, 0.2) is 23.0 Å². The molecule has 2 nitrogen and oxygen atoms in total. The normalized spacial score (nSPS) is 9.00. The predicted octanol–water partition coefficient (Wildman–Crippen LogP) is 1.02. The minimum atomic E-state index is 0.455. The minimum absolute atomic E-state index is 0.455. The lowest BCUT2D eigenvalue weighted by molar-refractivity contribution is -0.107. The van der Waals surface area contributed by atoms with E-state index in [4.69, 9.17) is 4.42 Å². The third-order valence-electron chi connectivity index (χ3n) is 0.899. The number of hydrogen-bond acceptors (Lipinski definition) is 2. The minimum Gasteiger partial charge on any atom is -0.472 e. The van der Waals surface area contributed by atoms with Crippen LogP contribution in [0.4, 0.5) is 0 Å². The average Bonchev–Trinajstić information content (AvgIpc) is 2.19. The summed E-state index contributed by atoms with van der Waals surface area (Å²) in [4.78, 5) is 9.83. The molecule has 42 valence electrons. The van der Waals surface area contributed by atoms with Crippen LogP contribution < -0.4 is 0 Å². The molecule has 0 bridgehead atoms. The highest BCUT2D eigenvalue weighted by Crippen LogP contribution is 1.97. The summed E-state index contributed by atoms with van der Waals surface area (Å²) in [6.45, 7) is 0. The monoisotopic (exact) mass is 110 g/mol. The van der Waals surface area contributed by atoms with E-state index in [1.165, 1.54) is 0 Å². The molecule has 0 saturated carbocycles. The van der Waals surface area contributed by atoms with Crippen LogP contribution in [0.25, 0.3) is 0 Å².